The molecule has 0 heterocycles. The van der Waals surface area contributed by atoms with E-state index in [9.17, 15) is 0 Å². The molecule has 16 heavy (non-hydrogen) atoms. The molecular weight excluding hydrogens is 266 g/mol. The number of nitrogens with two attached hydrogens (primary N) is 1. The Kier molecular flexibility index (Phi) is 5.03. The van der Waals surface area contributed by atoms with Crippen LogP contribution in [0.4, 0.5) is 0 Å². The van der Waals surface area contributed by atoms with Gasteiger partial charge < -0.3 is 10.5 Å². The van der Waals surface area contributed by atoms with Crippen molar-refractivity contribution in [2.45, 2.75) is 32.4 Å². The van der Waals surface area contributed by atoms with Crippen LogP contribution in [0, 0.1) is 0 Å². The fourth-order valence-electron chi connectivity index (χ4n) is 1.42. The second-order valence-electron chi connectivity index (χ2n) is 3.99. The van der Waals surface area contributed by atoms with Crippen molar-refractivity contribution in [2.24, 2.45) is 5.73 Å². The molecule has 0 saturated heterocycles. The molecule has 0 amide bonds. The summed E-state index contributed by atoms with van der Waals surface area (Å²) in [7, 11) is 0. The molecule has 88 valence electrons. The van der Waals surface area contributed by atoms with Crippen LogP contribution in [0.3, 0.4) is 0 Å². The zero-order chi connectivity index (χ0) is 12.1. The minimum absolute atomic E-state index is 0.00741. The Morgan fingerprint density at radius 1 is 1.50 bits per heavy atom. The van der Waals surface area contributed by atoms with Gasteiger partial charge in [0.2, 0.25) is 0 Å². The average Bonchev–Trinajstić information content (AvgIpc) is 2.21. The van der Waals surface area contributed by atoms with E-state index in [0.29, 0.717) is 0 Å². The Labute approximate surface area is 106 Å². The fraction of sp³-hybridized carbons (Fsp3) is 0.385. The zero-order valence-electron chi connectivity index (χ0n) is 9.74. The van der Waals surface area contributed by atoms with Crippen molar-refractivity contribution >= 4 is 15.9 Å². The van der Waals surface area contributed by atoms with Crippen LogP contribution < -0.4 is 10.5 Å². The minimum atomic E-state index is 0.00741. The van der Waals surface area contributed by atoms with E-state index in [4.69, 9.17) is 10.5 Å². The maximum Gasteiger partial charge on any atom is 0.123 e. The second-order valence-corrected chi connectivity index (χ2v) is 4.91. The molecule has 0 saturated carbocycles. The van der Waals surface area contributed by atoms with E-state index in [1.165, 1.54) is 0 Å². The molecule has 0 aliphatic heterocycles. The Hall–Kier alpha value is -0.800. The Morgan fingerprint density at radius 3 is 2.75 bits per heavy atom. The van der Waals surface area contributed by atoms with E-state index in [0.717, 1.165) is 22.2 Å². The smallest absolute Gasteiger partial charge is 0.123 e. The maximum atomic E-state index is 5.82. The number of hydrogen-bond acceptors (Lipinski definition) is 2. The predicted octanol–water partition coefficient (Wildman–Crippen LogP) is 3.29. The number of ether oxygens (including phenoxy) is 1. The van der Waals surface area contributed by atoms with Gasteiger partial charge >= 0.3 is 0 Å². The van der Waals surface area contributed by atoms with Crippen LogP contribution in [0.15, 0.2) is 35.3 Å². The van der Waals surface area contributed by atoms with E-state index >= 15 is 0 Å². The van der Waals surface area contributed by atoms with Crippen LogP contribution in [-0.2, 0) is 6.42 Å². The highest BCUT2D eigenvalue weighted by atomic mass is 79.9. The SMILES string of the molecule is C=CC(C)Oc1ccc(Br)cc1CC(C)N. The first-order valence-electron chi connectivity index (χ1n) is 5.36. The van der Waals surface area contributed by atoms with Crippen molar-refractivity contribution in [3.8, 4) is 5.75 Å². The van der Waals surface area contributed by atoms with Gasteiger partial charge in [0.1, 0.15) is 11.9 Å². The normalized spacial score (nSPS) is 14.2. The Balaban J connectivity index is 2.92. The van der Waals surface area contributed by atoms with Crippen molar-refractivity contribution in [3.63, 3.8) is 0 Å². The quantitative estimate of drug-likeness (QED) is 0.842. The molecule has 2 unspecified atom stereocenters. The van der Waals surface area contributed by atoms with Crippen LogP contribution >= 0.6 is 15.9 Å². The molecule has 0 aliphatic rings. The lowest BCUT2D eigenvalue weighted by molar-refractivity contribution is 0.267. The van der Waals surface area contributed by atoms with E-state index in [-0.39, 0.29) is 12.1 Å². The number of halogens is 1. The first-order chi connectivity index (χ1) is 7.52. The number of rotatable bonds is 5. The summed E-state index contributed by atoms with van der Waals surface area (Å²) in [4.78, 5) is 0. The molecule has 1 aromatic rings. The van der Waals surface area contributed by atoms with Crippen LogP contribution in [0.5, 0.6) is 5.75 Å². The minimum Gasteiger partial charge on any atom is -0.486 e. The number of benzene rings is 1. The van der Waals surface area contributed by atoms with Gasteiger partial charge in [0.15, 0.2) is 0 Å². The van der Waals surface area contributed by atoms with E-state index in [1.54, 1.807) is 6.08 Å². The monoisotopic (exact) mass is 283 g/mol. The third-order valence-electron chi connectivity index (χ3n) is 2.21. The summed E-state index contributed by atoms with van der Waals surface area (Å²) in [5.74, 6) is 0.882. The van der Waals surface area contributed by atoms with Gasteiger partial charge in [0.05, 0.1) is 0 Å². The molecule has 0 spiro atoms. The molecule has 0 fully saturated rings. The van der Waals surface area contributed by atoms with Crippen molar-refractivity contribution in [3.05, 3.63) is 40.9 Å². The summed E-state index contributed by atoms with van der Waals surface area (Å²) >= 11 is 3.45. The van der Waals surface area contributed by atoms with Gasteiger partial charge in [-0.15, -0.1) is 0 Å². The predicted molar refractivity (Wildman–Crippen MR) is 71.8 cm³/mol. The molecule has 2 atom stereocenters. The van der Waals surface area contributed by atoms with Crippen molar-refractivity contribution in [1.29, 1.82) is 0 Å². The van der Waals surface area contributed by atoms with E-state index in [1.807, 2.05) is 26.0 Å². The Morgan fingerprint density at radius 2 is 2.19 bits per heavy atom. The molecule has 2 nitrogen and oxygen atoms in total. The van der Waals surface area contributed by atoms with Crippen LogP contribution in [-0.4, -0.2) is 12.1 Å². The van der Waals surface area contributed by atoms with E-state index < -0.39 is 0 Å². The first-order valence-corrected chi connectivity index (χ1v) is 6.15. The average molecular weight is 284 g/mol. The van der Waals surface area contributed by atoms with Gasteiger partial charge in [0.25, 0.3) is 0 Å². The highest BCUT2D eigenvalue weighted by Gasteiger charge is 2.08. The Bertz CT molecular complexity index is 363. The van der Waals surface area contributed by atoms with Gasteiger partial charge in [-0.1, -0.05) is 28.6 Å². The summed E-state index contributed by atoms with van der Waals surface area (Å²) in [5, 5.41) is 0. The number of hydrogen-bond donors (Lipinski definition) is 1. The van der Waals surface area contributed by atoms with Crippen molar-refractivity contribution in [1.82, 2.24) is 0 Å². The molecule has 0 aromatic heterocycles. The zero-order valence-corrected chi connectivity index (χ0v) is 11.3. The summed E-state index contributed by atoms with van der Waals surface area (Å²) in [6, 6.07) is 6.10. The first kappa shape index (κ1) is 13.3. The van der Waals surface area contributed by atoms with Gasteiger partial charge in [-0.05, 0) is 44.0 Å². The van der Waals surface area contributed by atoms with Crippen LogP contribution in [0.1, 0.15) is 19.4 Å². The lowest BCUT2D eigenvalue weighted by atomic mass is 10.1. The lowest BCUT2D eigenvalue weighted by Crippen LogP contribution is -2.19. The van der Waals surface area contributed by atoms with Gasteiger partial charge in [-0.25, -0.2) is 0 Å². The fourth-order valence-corrected chi connectivity index (χ4v) is 1.83. The van der Waals surface area contributed by atoms with Crippen molar-refractivity contribution < 1.29 is 4.74 Å². The third-order valence-corrected chi connectivity index (χ3v) is 2.70. The lowest BCUT2D eigenvalue weighted by Gasteiger charge is -2.16. The third kappa shape index (κ3) is 3.99. The van der Waals surface area contributed by atoms with Gasteiger partial charge in [-0.3, -0.25) is 0 Å². The maximum absolute atomic E-state index is 5.82. The molecule has 1 aromatic carbocycles. The molecule has 2 N–H and O–H groups in total. The van der Waals surface area contributed by atoms with Gasteiger partial charge in [-0.2, -0.15) is 0 Å². The molecular formula is C13H18BrNO. The molecule has 0 aliphatic carbocycles. The van der Waals surface area contributed by atoms with Crippen LogP contribution in [0.25, 0.3) is 0 Å². The standard InChI is InChI=1S/C13H18BrNO/c1-4-10(3)16-13-6-5-12(14)8-11(13)7-9(2)15/h4-6,8-10H,1,7,15H2,2-3H3. The highest BCUT2D eigenvalue weighted by Crippen LogP contribution is 2.25. The summed E-state index contributed by atoms with van der Waals surface area (Å²) in [5.41, 5.74) is 6.94. The molecule has 0 bridgehead atoms. The van der Waals surface area contributed by atoms with Crippen molar-refractivity contribution in [2.75, 3.05) is 0 Å². The molecule has 0 radical (unpaired) electrons. The van der Waals surface area contributed by atoms with Gasteiger partial charge in [0, 0.05) is 10.5 Å². The molecule has 1 rings (SSSR count). The second kappa shape index (κ2) is 6.06. The highest BCUT2D eigenvalue weighted by molar-refractivity contribution is 9.10. The topological polar surface area (TPSA) is 35.2 Å². The van der Waals surface area contributed by atoms with Crippen LogP contribution in [0.2, 0.25) is 0 Å². The largest absolute Gasteiger partial charge is 0.486 e. The van der Waals surface area contributed by atoms with E-state index in [2.05, 4.69) is 28.6 Å². The summed E-state index contributed by atoms with van der Waals surface area (Å²) in [6.07, 6.45) is 2.59. The molecule has 3 heteroatoms. The summed E-state index contributed by atoms with van der Waals surface area (Å²) < 4.78 is 6.80. The summed E-state index contributed by atoms with van der Waals surface area (Å²) in [6.45, 7) is 7.66.